The van der Waals surface area contributed by atoms with Crippen molar-refractivity contribution in [3.63, 3.8) is 0 Å². The molecule has 1 aromatic carbocycles. The SMILES string of the molecule is CC1CCCN(Cc2ccc(C(N)=O)cc2)C1CN.Cl. The van der Waals surface area contributed by atoms with Gasteiger partial charge in [0.15, 0.2) is 0 Å². The van der Waals surface area contributed by atoms with Crippen molar-refractivity contribution in [1.82, 2.24) is 4.90 Å². The predicted octanol–water partition coefficient (Wildman–Crippen LogP) is 1.77. The van der Waals surface area contributed by atoms with E-state index in [1.54, 1.807) is 12.1 Å². The number of hydrogen-bond donors (Lipinski definition) is 2. The van der Waals surface area contributed by atoms with E-state index < -0.39 is 0 Å². The van der Waals surface area contributed by atoms with Gasteiger partial charge in [-0.15, -0.1) is 12.4 Å². The summed E-state index contributed by atoms with van der Waals surface area (Å²) < 4.78 is 0. The summed E-state index contributed by atoms with van der Waals surface area (Å²) in [7, 11) is 0. The van der Waals surface area contributed by atoms with Gasteiger partial charge in [0.2, 0.25) is 5.91 Å². The molecule has 1 heterocycles. The molecule has 5 heteroatoms. The van der Waals surface area contributed by atoms with Crippen LogP contribution in [0.3, 0.4) is 0 Å². The van der Waals surface area contributed by atoms with Crippen molar-refractivity contribution in [2.75, 3.05) is 13.1 Å². The van der Waals surface area contributed by atoms with Crippen LogP contribution in [0.4, 0.5) is 0 Å². The molecule has 112 valence electrons. The molecular formula is C15H24ClN3O. The minimum atomic E-state index is -0.377. The van der Waals surface area contributed by atoms with E-state index in [4.69, 9.17) is 11.5 Å². The van der Waals surface area contributed by atoms with Gasteiger partial charge in [0.25, 0.3) is 0 Å². The van der Waals surface area contributed by atoms with E-state index in [2.05, 4.69) is 11.8 Å². The Morgan fingerprint density at radius 2 is 2.00 bits per heavy atom. The molecule has 0 radical (unpaired) electrons. The van der Waals surface area contributed by atoms with Crippen LogP contribution in [0.2, 0.25) is 0 Å². The summed E-state index contributed by atoms with van der Waals surface area (Å²) in [4.78, 5) is 13.5. The molecule has 0 aliphatic carbocycles. The van der Waals surface area contributed by atoms with E-state index in [1.165, 1.54) is 18.4 Å². The average Bonchev–Trinajstić information content (AvgIpc) is 2.39. The Morgan fingerprint density at radius 3 is 2.55 bits per heavy atom. The van der Waals surface area contributed by atoms with Crippen LogP contribution in [0.25, 0.3) is 0 Å². The van der Waals surface area contributed by atoms with Crippen LogP contribution in [0.5, 0.6) is 0 Å². The fourth-order valence-corrected chi connectivity index (χ4v) is 2.92. The zero-order valence-corrected chi connectivity index (χ0v) is 12.7. The Labute approximate surface area is 126 Å². The molecule has 1 aliphatic rings. The van der Waals surface area contributed by atoms with Crippen molar-refractivity contribution in [2.45, 2.75) is 32.4 Å². The number of benzene rings is 1. The standard InChI is InChI=1S/C15H23N3O.ClH/c1-11-3-2-8-18(14(11)9-16)10-12-4-6-13(7-5-12)15(17)19;/h4-7,11,14H,2-3,8-10,16H2,1H3,(H2,17,19);1H. The summed E-state index contributed by atoms with van der Waals surface area (Å²) in [6.07, 6.45) is 2.50. The van der Waals surface area contributed by atoms with E-state index in [9.17, 15) is 4.79 Å². The molecule has 0 bridgehead atoms. The van der Waals surface area contributed by atoms with Crippen molar-refractivity contribution < 1.29 is 4.79 Å². The number of nitrogens with two attached hydrogens (primary N) is 2. The van der Waals surface area contributed by atoms with E-state index >= 15 is 0 Å². The summed E-state index contributed by atoms with van der Waals surface area (Å²) in [5.74, 6) is 0.279. The van der Waals surface area contributed by atoms with Crippen LogP contribution in [0, 0.1) is 5.92 Å². The first kappa shape index (κ1) is 17.0. The molecule has 2 atom stereocenters. The van der Waals surface area contributed by atoms with Crippen LogP contribution >= 0.6 is 12.4 Å². The van der Waals surface area contributed by atoms with E-state index in [0.717, 1.165) is 13.1 Å². The first-order chi connectivity index (χ1) is 9.11. The third-order valence-electron chi connectivity index (χ3n) is 4.10. The second kappa shape index (κ2) is 7.62. The minimum Gasteiger partial charge on any atom is -0.366 e. The first-order valence-electron chi connectivity index (χ1n) is 6.94. The normalized spacial score (nSPS) is 23.1. The fraction of sp³-hybridized carbons (Fsp3) is 0.533. The molecule has 2 unspecified atom stereocenters. The Bertz CT molecular complexity index is 435. The maximum Gasteiger partial charge on any atom is 0.248 e. The van der Waals surface area contributed by atoms with Crippen molar-refractivity contribution in [1.29, 1.82) is 0 Å². The van der Waals surface area contributed by atoms with Gasteiger partial charge in [-0.2, -0.15) is 0 Å². The Balaban J connectivity index is 0.00000200. The van der Waals surface area contributed by atoms with Gasteiger partial charge >= 0.3 is 0 Å². The number of halogens is 1. The second-order valence-electron chi connectivity index (χ2n) is 5.45. The van der Waals surface area contributed by atoms with Crippen LogP contribution < -0.4 is 11.5 Å². The number of nitrogens with zero attached hydrogens (tertiary/aromatic N) is 1. The fourth-order valence-electron chi connectivity index (χ4n) is 2.92. The molecular weight excluding hydrogens is 274 g/mol. The lowest BCUT2D eigenvalue weighted by Crippen LogP contribution is -2.47. The summed E-state index contributed by atoms with van der Waals surface area (Å²) in [5, 5.41) is 0. The van der Waals surface area contributed by atoms with Gasteiger partial charge in [-0.1, -0.05) is 19.1 Å². The van der Waals surface area contributed by atoms with Crippen LogP contribution in [0.1, 0.15) is 35.7 Å². The molecule has 1 fully saturated rings. The monoisotopic (exact) mass is 297 g/mol. The number of likely N-dealkylation sites (tertiary alicyclic amines) is 1. The summed E-state index contributed by atoms with van der Waals surface area (Å²) in [6.45, 7) is 4.98. The molecule has 20 heavy (non-hydrogen) atoms. The molecule has 0 saturated carbocycles. The second-order valence-corrected chi connectivity index (χ2v) is 5.45. The zero-order valence-electron chi connectivity index (χ0n) is 11.9. The maximum atomic E-state index is 11.0. The van der Waals surface area contributed by atoms with E-state index in [-0.39, 0.29) is 18.3 Å². The van der Waals surface area contributed by atoms with Crippen molar-refractivity contribution >= 4 is 18.3 Å². The van der Waals surface area contributed by atoms with E-state index in [0.29, 0.717) is 24.1 Å². The number of rotatable bonds is 4. The van der Waals surface area contributed by atoms with Crippen LogP contribution in [-0.2, 0) is 6.54 Å². The highest BCUT2D eigenvalue weighted by Crippen LogP contribution is 2.24. The smallest absolute Gasteiger partial charge is 0.248 e. The molecule has 4 N–H and O–H groups in total. The molecule has 1 aliphatic heterocycles. The van der Waals surface area contributed by atoms with Crippen LogP contribution in [-0.4, -0.2) is 29.9 Å². The topological polar surface area (TPSA) is 72.3 Å². The molecule has 4 nitrogen and oxygen atoms in total. The highest BCUT2D eigenvalue weighted by molar-refractivity contribution is 5.92. The summed E-state index contributed by atoms with van der Waals surface area (Å²) >= 11 is 0. The zero-order chi connectivity index (χ0) is 13.8. The van der Waals surface area contributed by atoms with Crippen LogP contribution in [0.15, 0.2) is 24.3 Å². The van der Waals surface area contributed by atoms with Crippen molar-refractivity contribution in [2.24, 2.45) is 17.4 Å². The lowest BCUT2D eigenvalue weighted by Gasteiger charge is -2.39. The average molecular weight is 298 g/mol. The third kappa shape index (κ3) is 3.95. The minimum absolute atomic E-state index is 0. The van der Waals surface area contributed by atoms with Crippen molar-refractivity contribution in [3.8, 4) is 0 Å². The van der Waals surface area contributed by atoms with Gasteiger partial charge in [-0.05, 0) is 43.0 Å². The van der Waals surface area contributed by atoms with Crippen molar-refractivity contribution in [3.05, 3.63) is 35.4 Å². The number of piperidine rings is 1. The molecule has 2 rings (SSSR count). The first-order valence-corrected chi connectivity index (χ1v) is 6.94. The predicted molar refractivity (Wildman–Crippen MR) is 83.9 cm³/mol. The maximum absolute atomic E-state index is 11.0. The number of amides is 1. The Morgan fingerprint density at radius 1 is 1.35 bits per heavy atom. The Kier molecular flexibility index (Phi) is 6.46. The number of primary amides is 1. The molecule has 1 amide bonds. The number of carbonyl (C=O) groups excluding carboxylic acids is 1. The van der Waals surface area contributed by atoms with Gasteiger partial charge in [-0.25, -0.2) is 0 Å². The van der Waals surface area contributed by atoms with Gasteiger partial charge in [0.1, 0.15) is 0 Å². The third-order valence-corrected chi connectivity index (χ3v) is 4.10. The molecule has 1 aromatic rings. The van der Waals surface area contributed by atoms with Gasteiger partial charge in [-0.3, -0.25) is 9.69 Å². The molecule has 0 spiro atoms. The lowest BCUT2D eigenvalue weighted by atomic mass is 9.90. The van der Waals surface area contributed by atoms with Gasteiger partial charge in [0.05, 0.1) is 0 Å². The number of hydrogen-bond acceptors (Lipinski definition) is 3. The van der Waals surface area contributed by atoms with Gasteiger partial charge < -0.3 is 11.5 Å². The Hall–Kier alpha value is -1.10. The van der Waals surface area contributed by atoms with Gasteiger partial charge in [0, 0.05) is 24.7 Å². The number of carbonyl (C=O) groups is 1. The molecule has 1 saturated heterocycles. The molecule has 0 aromatic heterocycles. The van der Waals surface area contributed by atoms with E-state index in [1.807, 2.05) is 12.1 Å². The lowest BCUT2D eigenvalue weighted by molar-refractivity contribution is 0.0988. The highest BCUT2D eigenvalue weighted by Gasteiger charge is 2.27. The summed E-state index contributed by atoms with van der Waals surface area (Å²) in [6, 6.07) is 8.01. The largest absolute Gasteiger partial charge is 0.366 e. The highest BCUT2D eigenvalue weighted by atomic mass is 35.5. The summed E-state index contributed by atoms with van der Waals surface area (Å²) in [5.41, 5.74) is 12.9. The quantitative estimate of drug-likeness (QED) is 0.889.